The van der Waals surface area contributed by atoms with E-state index < -0.39 is 69.9 Å². The average molecular weight is 739 g/mol. The number of imide groups is 1. The van der Waals surface area contributed by atoms with Crippen LogP contribution in [-0.4, -0.2) is 95.0 Å². The number of rotatable bonds is 13. The van der Waals surface area contributed by atoms with Crippen molar-refractivity contribution in [2.24, 2.45) is 33.5 Å². The third kappa shape index (κ3) is 10.5. The fourth-order valence-electron chi connectivity index (χ4n) is 7.83. The van der Waals surface area contributed by atoms with Crippen molar-refractivity contribution in [3.63, 3.8) is 0 Å². The maximum Gasteiger partial charge on any atom is 0.315 e. The maximum absolute atomic E-state index is 14.7. The summed E-state index contributed by atoms with van der Waals surface area (Å²) in [5, 5.41) is 11.0. The van der Waals surface area contributed by atoms with Gasteiger partial charge < -0.3 is 26.2 Å². The number of Topliss-reactive ketones (excluding diaryl/α,β-unsaturated/α-hetero) is 1. The summed E-state index contributed by atoms with van der Waals surface area (Å²) in [6, 6.07) is -4.53. The van der Waals surface area contributed by atoms with Gasteiger partial charge in [0, 0.05) is 38.9 Å². The first-order valence-corrected chi connectivity index (χ1v) is 18.7. The number of carbonyl (C=O) groups is 7. The van der Waals surface area contributed by atoms with Crippen LogP contribution < -0.4 is 21.3 Å². The van der Waals surface area contributed by atoms with Crippen molar-refractivity contribution in [3.05, 3.63) is 12.7 Å². The molecular weight excluding hydrogens is 676 g/mol. The molecule has 0 aromatic rings. The Morgan fingerprint density at radius 3 is 2.09 bits per heavy atom. The lowest BCUT2D eigenvalue weighted by Crippen LogP contribution is -2.63. The molecule has 2 heterocycles. The Bertz CT molecular complexity index is 1490. The van der Waals surface area contributed by atoms with Gasteiger partial charge in [0.25, 0.3) is 5.91 Å². The Hall–Kier alpha value is -4.21. The van der Waals surface area contributed by atoms with Crippen molar-refractivity contribution < 1.29 is 33.6 Å². The van der Waals surface area contributed by atoms with Gasteiger partial charge in [0.2, 0.25) is 29.4 Å². The highest BCUT2D eigenvalue weighted by atomic mass is 16.2. The molecule has 1 aliphatic carbocycles. The van der Waals surface area contributed by atoms with Crippen LogP contribution >= 0.6 is 0 Å². The number of nitrogens with one attached hydrogen (secondary N) is 4. The zero-order valence-electron chi connectivity index (χ0n) is 33.4. The average Bonchev–Trinajstić information content (AvgIpc) is 3.56. The van der Waals surface area contributed by atoms with Gasteiger partial charge in [-0.2, -0.15) is 0 Å². The molecule has 0 aromatic heterocycles. The molecule has 3 aliphatic rings. The van der Waals surface area contributed by atoms with Crippen LogP contribution in [0.15, 0.2) is 12.7 Å². The molecule has 2 aliphatic heterocycles. The molecule has 4 N–H and O–H groups in total. The Morgan fingerprint density at radius 2 is 1.57 bits per heavy atom. The number of hydrogen-bond donors (Lipinski definition) is 4. The second-order valence-electron chi connectivity index (χ2n) is 18.7. The lowest BCUT2D eigenvalue weighted by molar-refractivity contribution is -0.153. The molecule has 0 aromatic carbocycles. The summed E-state index contributed by atoms with van der Waals surface area (Å²) >= 11 is 0. The number of amides is 7. The van der Waals surface area contributed by atoms with Gasteiger partial charge in [0.15, 0.2) is 0 Å². The first-order chi connectivity index (χ1) is 24.3. The fraction of sp³-hybridized carbons (Fsp3) is 0.725. The van der Waals surface area contributed by atoms with Gasteiger partial charge in [-0.15, -0.1) is 18.9 Å². The van der Waals surface area contributed by atoms with Gasteiger partial charge in [-0.1, -0.05) is 75.3 Å². The van der Waals surface area contributed by atoms with Crippen molar-refractivity contribution in [2.75, 3.05) is 19.6 Å². The van der Waals surface area contributed by atoms with E-state index in [2.05, 4.69) is 47.6 Å². The number of hydrogen-bond acceptors (Lipinski definition) is 7. The van der Waals surface area contributed by atoms with Gasteiger partial charge >= 0.3 is 6.03 Å². The van der Waals surface area contributed by atoms with Gasteiger partial charge in [-0.25, -0.2) is 4.79 Å². The predicted molar refractivity (Wildman–Crippen MR) is 202 cm³/mol. The number of piperidine rings is 1. The van der Waals surface area contributed by atoms with Crippen molar-refractivity contribution in [2.45, 2.75) is 132 Å². The second kappa shape index (κ2) is 16.4. The van der Waals surface area contributed by atoms with E-state index in [1.165, 1.54) is 15.9 Å². The van der Waals surface area contributed by atoms with Crippen LogP contribution in [0.1, 0.15) is 108 Å². The number of urea groups is 1. The molecule has 6 atom stereocenters. The van der Waals surface area contributed by atoms with Crippen LogP contribution in [-0.2, 0) is 28.8 Å². The summed E-state index contributed by atoms with van der Waals surface area (Å²) in [5.41, 5.74) is -1.99. The molecular formula is C40H62N6O7. The van der Waals surface area contributed by atoms with E-state index in [4.69, 9.17) is 6.42 Å². The number of carbonyl (C=O) groups excluding carboxylic acids is 7. The molecule has 1 unspecified atom stereocenters. The van der Waals surface area contributed by atoms with E-state index >= 15 is 0 Å². The Balaban J connectivity index is 1.89. The second-order valence-corrected chi connectivity index (χ2v) is 18.7. The molecule has 1 saturated carbocycles. The molecule has 294 valence electrons. The highest BCUT2D eigenvalue weighted by molar-refractivity contribution is 6.38. The highest BCUT2D eigenvalue weighted by Crippen LogP contribution is 2.53. The minimum atomic E-state index is -1.20. The summed E-state index contributed by atoms with van der Waals surface area (Å²) in [5.74, 6) is -1.09. The van der Waals surface area contributed by atoms with E-state index in [0.29, 0.717) is 6.42 Å². The largest absolute Gasteiger partial charge is 0.346 e. The van der Waals surface area contributed by atoms with Crippen molar-refractivity contribution in [1.82, 2.24) is 31.1 Å². The van der Waals surface area contributed by atoms with Crippen LogP contribution in [0.3, 0.4) is 0 Å². The van der Waals surface area contributed by atoms with Crippen LogP contribution in [0, 0.1) is 45.8 Å². The van der Waals surface area contributed by atoms with Gasteiger partial charge in [0.05, 0.1) is 12.1 Å². The number of fused-ring (bicyclic) bond motifs is 1. The molecule has 53 heavy (non-hydrogen) atoms. The number of nitrogens with zero attached hydrogens (tertiary/aromatic N) is 2. The van der Waals surface area contributed by atoms with E-state index in [1.54, 1.807) is 0 Å². The fourth-order valence-corrected chi connectivity index (χ4v) is 7.83. The smallest absolute Gasteiger partial charge is 0.315 e. The van der Waals surface area contributed by atoms with Gasteiger partial charge in [0.1, 0.15) is 12.1 Å². The quantitative estimate of drug-likeness (QED) is 0.0971. The molecule has 0 radical (unpaired) electrons. The first-order valence-electron chi connectivity index (χ1n) is 18.7. The summed E-state index contributed by atoms with van der Waals surface area (Å²) in [7, 11) is 0. The van der Waals surface area contributed by atoms with Crippen molar-refractivity contribution >= 4 is 41.4 Å². The van der Waals surface area contributed by atoms with Crippen LogP contribution in [0.25, 0.3) is 0 Å². The van der Waals surface area contributed by atoms with Crippen molar-refractivity contribution in [1.29, 1.82) is 0 Å². The predicted octanol–water partition coefficient (Wildman–Crippen LogP) is 3.32. The third-order valence-corrected chi connectivity index (χ3v) is 11.1. The first kappa shape index (κ1) is 43.2. The topological polar surface area (TPSA) is 174 Å². The highest BCUT2D eigenvalue weighted by Gasteiger charge is 2.57. The number of likely N-dealkylation sites (tertiary alicyclic amines) is 2. The van der Waals surface area contributed by atoms with Crippen molar-refractivity contribution in [3.8, 4) is 12.3 Å². The molecule has 3 rings (SSSR count). The summed E-state index contributed by atoms with van der Waals surface area (Å²) in [6.45, 7) is 23.0. The number of ketones is 1. The Kier molecular flexibility index (Phi) is 13.4. The minimum Gasteiger partial charge on any atom is -0.346 e. The summed E-state index contributed by atoms with van der Waals surface area (Å²) < 4.78 is 0. The van der Waals surface area contributed by atoms with E-state index in [-0.39, 0.29) is 74.4 Å². The molecule has 7 amide bonds. The molecule has 13 nitrogen and oxygen atoms in total. The SMILES string of the molecule is C#CCCC(NC(=O)[C@@H]1[C@H]2CCC(C)(C)[C@H]2CN1C(=O)[C@@H](NC(=O)N[C@H](CN1C(=O)CC(C)(C)CC1=O)C(C)(C)C)C(C)(C)C)C(=O)C(=O)NCC=C. The van der Waals surface area contributed by atoms with Gasteiger partial charge in [-0.3, -0.25) is 33.7 Å². The standard InChI is InChI=1S/C40H62N6O7/c1-13-15-16-26(31(49)34(51)41-19-14-2)42-33(50)30-24-17-18-40(11,12)25(24)22-46(30)35(52)32(38(6,7)8)44-36(53)43-27(37(3,4)5)23-45-28(47)20-39(9,10)21-29(45)48/h1,14,24-27,30,32H,2,15-23H2,3-12H3,(H,41,51)(H,42,50)(H2,43,44,53)/t24-,25-,26?,27+,30-,32+/m0/s1. The zero-order chi connectivity index (χ0) is 40.3. The van der Waals surface area contributed by atoms with Gasteiger partial charge in [-0.05, 0) is 52.8 Å². The zero-order valence-corrected chi connectivity index (χ0v) is 33.4. The van der Waals surface area contributed by atoms with Crippen LogP contribution in [0.5, 0.6) is 0 Å². The Morgan fingerprint density at radius 1 is 0.962 bits per heavy atom. The summed E-state index contributed by atoms with van der Waals surface area (Å²) in [4.78, 5) is 97.2. The molecule has 13 heteroatoms. The molecule has 0 bridgehead atoms. The monoisotopic (exact) mass is 738 g/mol. The maximum atomic E-state index is 14.7. The molecule has 2 saturated heterocycles. The Labute approximate surface area is 315 Å². The van der Waals surface area contributed by atoms with Crippen LogP contribution in [0.2, 0.25) is 0 Å². The number of terminal acetylenes is 1. The van der Waals surface area contributed by atoms with E-state index in [9.17, 15) is 33.6 Å². The lowest BCUT2D eigenvalue weighted by Gasteiger charge is -2.40. The van der Waals surface area contributed by atoms with E-state index in [0.717, 1.165) is 6.42 Å². The molecule has 0 spiro atoms. The molecule has 3 fully saturated rings. The normalized spacial score (nSPS) is 23.9. The minimum absolute atomic E-state index is 0.0171. The summed E-state index contributed by atoms with van der Waals surface area (Å²) in [6.07, 6.45) is 9.03. The van der Waals surface area contributed by atoms with Crippen LogP contribution in [0.4, 0.5) is 4.79 Å². The third-order valence-electron chi connectivity index (χ3n) is 11.1. The lowest BCUT2D eigenvalue weighted by atomic mass is 9.79. The van der Waals surface area contributed by atoms with E-state index in [1.807, 2.05) is 55.4 Å².